The molecule has 26 heavy (non-hydrogen) atoms. The highest BCUT2D eigenvalue weighted by molar-refractivity contribution is 9.10. The fourth-order valence-corrected chi connectivity index (χ4v) is 4.46. The first-order valence-electron chi connectivity index (χ1n) is 8.90. The average Bonchev–Trinajstić information content (AvgIpc) is 2.94. The molecule has 5 nitrogen and oxygen atoms in total. The van der Waals surface area contributed by atoms with Crippen molar-refractivity contribution in [3.8, 4) is 0 Å². The van der Waals surface area contributed by atoms with Gasteiger partial charge in [-0.1, -0.05) is 6.07 Å². The number of fused-ring (bicyclic) bond motifs is 3. The molecule has 2 aromatic heterocycles. The van der Waals surface area contributed by atoms with Crippen LogP contribution in [0, 0.1) is 5.82 Å². The van der Waals surface area contributed by atoms with E-state index in [0.29, 0.717) is 5.65 Å². The molecular weight excluding hydrogens is 399 g/mol. The van der Waals surface area contributed by atoms with E-state index in [-0.39, 0.29) is 11.6 Å². The lowest BCUT2D eigenvalue weighted by molar-refractivity contribution is 0.0895. The Bertz CT molecular complexity index is 1040. The van der Waals surface area contributed by atoms with E-state index in [1.165, 1.54) is 10.7 Å². The number of likely N-dealkylation sites (tertiary alicyclic amines) is 1. The summed E-state index contributed by atoms with van der Waals surface area (Å²) in [5, 5.41) is 5.31. The highest BCUT2D eigenvalue weighted by atomic mass is 79.9. The lowest BCUT2D eigenvalue weighted by atomic mass is 9.98. The zero-order valence-electron chi connectivity index (χ0n) is 15.2. The van der Waals surface area contributed by atoms with Gasteiger partial charge in [0.15, 0.2) is 0 Å². The number of nitrogens with zero attached hydrogens (tertiary/aromatic N) is 4. The van der Waals surface area contributed by atoms with Gasteiger partial charge in [0, 0.05) is 29.1 Å². The quantitative estimate of drug-likeness (QED) is 0.597. The van der Waals surface area contributed by atoms with Crippen LogP contribution in [0.25, 0.3) is 16.6 Å². The molecule has 1 saturated heterocycles. The maximum Gasteiger partial charge on any atom is 0.290 e. The molecule has 0 spiro atoms. The molecule has 1 fully saturated rings. The summed E-state index contributed by atoms with van der Waals surface area (Å²) < 4.78 is 18.3. The Kier molecular flexibility index (Phi) is 4.19. The van der Waals surface area contributed by atoms with Crippen LogP contribution in [0.4, 0.5) is 4.39 Å². The second-order valence-electron chi connectivity index (χ2n) is 7.94. The van der Waals surface area contributed by atoms with Crippen molar-refractivity contribution in [3.05, 3.63) is 45.0 Å². The van der Waals surface area contributed by atoms with E-state index in [1.807, 2.05) is 18.2 Å². The fourth-order valence-electron chi connectivity index (χ4n) is 3.92. The van der Waals surface area contributed by atoms with Crippen LogP contribution in [-0.4, -0.2) is 37.7 Å². The third-order valence-corrected chi connectivity index (χ3v) is 5.97. The van der Waals surface area contributed by atoms with E-state index in [2.05, 4.69) is 46.7 Å². The predicted molar refractivity (Wildman–Crippen MR) is 104 cm³/mol. The summed E-state index contributed by atoms with van der Waals surface area (Å²) >= 11 is 3.56. The van der Waals surface area contributed by atoms with Crippen molar-refractivity contribution in [1.29, 1.82) is 0 Å². The molecule has 1 aromatic carbocycles. The van der Waals surface area contributed by atoms with Crippen LogP contribution in [0.2, 0.25) is 0 Å². The van der Waals surface area contributed by atoms with Gasteiger partial charge >= 0.3 is 0 Å². The van der Waals surface area contributed by atoms with Gasteiger partial charge < -0.3 is 0 Å². The molecule has 0 N–H and O–H groups in total. The van der Waals surface area contributed by atoms with Gasteiger partial charge in [0.1, 0.15) is 5.65 Å². The summed E-state index contributed by atoms with van der Waals surface area (Å²) in [5.41, 5.74) is 0.932. The maximum absolute atomic E-state index is 14.3. The predicted octanol–water partition coefficient (Wildman–Crippen LogP) is 3.99. The smallest absolute Gasteiger partial charge is 0.290 e. The fraction of sp³-hybridized carbons (Fsp3) is 0.474. The number of rotatable bonds is 1. The van der Waals surface area contributed by atoms with E-state index in [4.69, 9.17) is 0 Å². The van der Waals surface area contributed by atoms with Crippen LogP contribution >= 0.6 is 15.9 Å². The first-order chi connectivity index (χ1) is 12.3. The highest BCUT2D eigenvalue weighted by Gasteiger charge is 2.30. The van der Waals surface area contributed by atoms with Crippen LogP contribution < -0.4 is 5.56 Å². The number of benzene rings is 1. The molecule has 1 aliphatic heterocycles. The molecular formula is C19H22BrFN4O. The average molecular weight is 421 g/mol. The summed E-state index contributed by atoms with van der Waals surface area (Å²) in [6.07, 6.45) is 2.81. The van der Waals surface area contributed by atoms with Crippen molar-refractivity contribution >= 4 is 32.5 Å². The Labute approximate surface area is 159 Å². The van der Waals surface area contributed by atoms with E-state index in [1.54, 1.807) is 4.57 Å². The molecule has 3 aromatic rings. The molecule has 0 aliphatic carbocycles. The van der Waals surface area contributed by atoms with Crippen LogP contribution in [-0.2, 0) is 0 Å². The number of halogens is 2. The molecule has 4 rings (SSSR count). The van der Waals surface area contributed by atoms with Crippen LogP contribution in [0.1, 0.15) is 39.7 Å². The maximum atomic E-state index is 14.3. The summed E-state index contributed by atoms with van der Waals surface area (Å²) in [6, 6.07) is 5.65. The minimum atomic E-state index is -0.764. The normalized spacial score (nSPS) is 17.4. The minimum absolute atomic E-state index is 0.0358. The van der Waals surface area contributed by atoms with Gasteiger partial charge in [-0.05, 0) is 61.7 Å². The van der Waals surface area contributed by atoms with Crippen LogP contribution in [0.15, 0.2) is 33.7 Å². The van der Waals surface area contributed by atoms with Crippen molar-refractivity contribution in [1.82, 2.24) is 19.1 Å². The number of aromatic nitrogens is 3. The lowest BCUT2D eigenvalue weighted by Crippen LogP contribution is -2.47. The molecule has 0 saturated carbocycles. The molecule has 0 unspecified atom stereocenters. The molecule has 0 radical (unpaired) electrons. The molecule has 7 heteroatoms. The molecule has 0 bridgehead atoms. The zero-order valence-corrected chi connectivity index (χ0v) is 16.8. The molecule has 3 heterocycles. The first kappa shape index (κ1) is 17.7. The second-order valence-corrected chi connectivity index (χ2v) is 8.80. The Morgan fingerprint density at radius 1 is 1.23 bits per heavy atom. The summed E-state index contributed by atoms with van der Waals surface area (Å²) in [5.74, 6) is -0.764. The monoisotopic (exact) mass is 420 g/mol. The lowest BCUT2D eigenvalue weighted by Gasteiger charge is -2.41. The molecule has 138 valence electrons. The van der Waals surface area contributed by atoms with E-state index in [9.17, 15) is 9.18 Å². The van der Waals surface area contributed by atoms with E-state index >= 15 is 0 Å². The van der Waals surface area contributed by atoms with Gasteiger partial charge in [0.2, 0.25) is 5.82 Å². The third-order valence-electron chi connectivity index (χ3n) is 5.31. The minimum Gasteiger partial charge on any atom is -0.298 e. The molecule has 1 aliphatic rings. The first-order valence-corrected chi connectivity index (χ1v) is 9.69. The number of hydrogen-bond donors (Lipinski definition) is 0. The Morgan fingerprint density at radius 2 is 1.92 bits per heavy atom. The van der Waals surface area contributed by atoms with Crippen molar-refractivity contribution < 1.29 is 4.39 Å². The summed E-state index contributed by atoms with van der Waals surface area (Å²) in [6.45, 7) is 8.36. The standard InChI is InChI=1S/C19H22BrFN4O/c1-19(2,3)23-9-7-12(8-10-23)25-17-16-13(20)5-4-6-15(16)22-24(17)11-14(21)18(25)26/h4-6,11-12H,7-10H2,1-3H3. The Balaban J connectivity index is 1.88. The van der Waals surface area contributed by atoms with Gasteiger partial charge in [0.05, 0.1) is 17.1 Å². The highest BCUT2D eigenvalue weighted by Crippen LogP contribution is 2.32. The topological polar surface area (TPSA) is 42.5 Å². The van der Waals surface area contributed by atoms with Crippen molar-refractivity contribution in [2.24, 2.45) is 0 Å². The summed E-state index contributed by atoms with van der Waals surface area (Å²) in [4.78, 5) is 15.1. The third kappa shape index (κ3) is 2.77. The van der Waals surface area contributed by atoms with E-state index < -0.39 is 11.4 Å². The largest absolute Gasteiger partial charge is 0.298 e. The zero-order chi connectivity index (χ0) is 18.6. The SMILES string of the molecule is CC(C)(C)N1CCC(n2c(=O)c(F)cn3nc4cccc(Br)c4c23)CC1. The van der Waals surface area contributed by atoms with E-state index in [0.717, 1.165) is 41.3 Å². The van der Waals surface area contributed by atoms with Gasteiger partial charge in [-0.25, -0.2) is 4.52 Å². The Morgan fingerprint density at radius 3 is 2.58 bits per heavy atom. The van der Waals surface area contributed by atoms with Crippen molar-refractivity contribution in [3.63, 3.8) is 0 Å². The van der Waals surface area contributed by atoms with Crippen LogP contribution in [0.5, 0.6) is 0 Å². The van der Waals surface area contributed by atoms with Gasteiger partial charge in [-0.2, -0.15) is 9.49 Å². The van der Waals surface area contributed by atoms with Crippen LogP contribution in [0.3, 0.4) is 0 Å². The number of piperidine rings is 1. The molecule has 0 atom stereocenters. The van der Waals surface area contributed by atoms with Gasteiger partial charge in [-0.3, -0.25) is 14.3 Å². The van der Waals surface area contributed by atoms with Gasteiger partial charge in [0.25, 0.3) is 5.56 Å². The molecule has 0 amide bonds. The summed E-state index contributed by atoms with van der Waals surface area (Å²) in [7, 11) is 0. The van der Waals surface area contributed by atoms with Crippen molar-refractivity contribution in [2.45, 2.75) is 45.2 Å². The van der Waals surface area contributed by atoms with Crippen molar-refractivity contribution in [2.75, 3.05) is 13.1 Å². The second kappa shape index (κ2) is 6.16. The van der Waals surface area contributed by atoms with Gasteiger partial charge in [-0.15, -0.1) is 0 Å². The number of hydrogen-bond acceptors (Lipinski definition) is 3. The Hall–Kier alpha value is -1.73.